The van der Waals surface area contributed by atoms with Gasteiger partial charge in [-0.15, -0.1) is 0 Å². The summed E-state index contributed by atoms with van der Waals surface area (Å²) in [5.41, 5.74) is -0.802. The summed E-state index contributed by atoms with van der Waals surface area (Å²) < 4.78 is 16.3. The number of ether oxygens (including phenoxy) is 3. The molecule has 0 heterocycles. The van der Waals surface area contributed by atoms with Crippen LogP contribution in [0.3, 0.4) is 0 Å². The monoisotopic (exact) mass is 625 g/mol. The number of hydrogen-bond acceptors (Lipinski definition) is 7. The lowest BCUT2D eigenvalue weighted by Gasteiger charge is -2.71. The predicted molar refractivity (Wildman–Crippen MR) is 173 cm³/mol. The number of carbonyl (C=O) groups excluding carboxylic acids is 3. The molecule has 7 nitrogen and oxygen atoms in total. The first-order valence-corrected chi connectivity index (χ1v) is 17.2. The molecule has 0 spiro atoms. The number of nitrogens with zero attached hydrogens (tertiary/aromatic N) is 1. The van der Waals surface area contributed by atoms with Crippen LogP contribution >= 0.6 is 0 Å². The molecule has 0 aromatic heterocycles. The van der Waals surface area contributed by atoms with Crippen molar-refractivity contribution in [3.8, 4) is 6.07 Å². The summed E-state index contributed by atoms with van der Waals surface area (Å²) in [7, 11) is 2.87. The van der Waals surface area contributed by atoms with Crippen LogP contribution in [0.4, 0.5) is 0 Å². The van der Waals surface area contributed by atoms with E-state index in [9.17, 15) is 19.6 Å². The minimum absolute atomic E-state index is 0.000193. The fraction of sp³-hybridized carbons (Fsp3) is 0.842. The molecule has 0 amide bonds. The molecule has 252 valence electrons. The minimum Gasteiger partial charge on any atom is -0.469 e. The van der Waals surface area contributed by atoms with Gasteiger partial charge in [0.1, 0.15) is 0 Å². The fourth-order valence-electron chi connectivity index (χ4n) is 11.9. The smallest absolute Gasteiger partial charge is 0.312 e. The van der Waals surface area contributed by atoms with Crippen LogP contribution in [0.25, 0.3) is 0 Å². The highest BCUT2D eigenvalue weighted by atomic mass is 16.5. The third-order valence-electron chi connectivity index (χ3n) is 14.3. The normalized spacial score (nSPS) is 39.4. The van der Waals surface area contributed by atoms with Crippen LogP contribution in [0.1, 0.15) is 120 Å². The van der Waals surface area contributed by atoms with Crippen molar-refractivity contribution < 1.29 is 28.6 Å². The van der Waals surface area contributed by atoms with E-state index in [-0.39, 0.29) is 52.5 Å². The van der Waals surface area contributed by atoms with E-state index in [0.29, 0.717) is 24.2 Å². The zero-order valence-electron chi connectivity index (χ0n) is 29.8. The summed E-state index contributed by atoms with van der Waals surface area (Å²) >= 11 is 0. The molecular formula is C38H59NO6. The second-order valence-corrected chi connectivity index (χ2v) is 17.4. The van der Waals surface area contributed by atoms with Gasteiger partial charge in [0.05, 0.1) is 44.1 Å². The van der Waals surface area contributed by atoms with Gasteiger partial charge >= 0.3 is 17.9 Å². The Hall–Kier alpha value is -2.36. The molecule has 4 fully saturated rings. The lowest BCUT2D eigenvalue weighted by atomic mass is 9.33. The number of hydrogen-bond donors (Lipinski definition) is 0. The molecule has 7 heteroatoms. The molecule has 0 aliphatic heterocycles. The zero-order chi connectivity index (χ0) is 33.8. The Labute approximate surface area is 272 Å². The van der Waals surface area contributed by atoms with Gasteiger partial charge in [0.2, 0.25) is 0 Å². The first-order chi connectivity index (χ1) is 20.8. The second-order valence-electron chi connectivity index (χ2n) is 17.4. The number of fused-ring (bicyclic) bond motifs is 5. The second kappa shape index (κ2) is 12.0. The number of allylic oxidation sites excluding steroid dienone is 1. The summed E-state index contributed by atoms with van der Waals surface area (Å²) in [5.74, 6) is 0.590. The summed E-state index contributed by atoms with van der Waals surface area (Å²) in [6, 6.07) is 2.59. The van der Waals surface area contributed by atoms with Gasteiger partial charge in [-0.2, -0.15) is 5.26 Å². The molecule has 0 aromatic carbocycles. The molecule has 4 aliphatic carbocycles. The Kier molecular flexibility index (Phi) is 9.48. The van der Waals surface area contributed by atoms with Gasteiger partial charge in [0.25, 0.3) is 0 Å². The van der Waals surface area contributed by atoms with Gasteiger partial charge in [-0.25, -0.2) is 0 Å². The van der Waals surface area contributed by atoms with Crippen molar-refractivity contribution in [3.05, 3.63) is 12.2 Å². The topological polar surface area (TPSA) is 103 Å². The zero-order valence-corrected chi connectivity index (χ0v) is 29.8. The molecule has 0 saturated heterocycles. The number of rotatable bonds is 9. The maximum atomic E-state index is 13.5. The molecule has 45 heavy (non-hydrogen) atoms. The van der Waals surface area contributed by atoms with Gasteiger partial charge in [-0.05, 0) is 118 Å². The molecule has 4 rings (SSSR count). The van der Waals surface area contributed by atoms with Crippen molar-refractivity contribution in [1.82, 2.24) is 0 Å². The van der Waals surface area contributed by atoms with Crippen LogP contribution in [-0.2, 0) is 28.6 Å². The first kappa shape index (κ1) is 35.5. The highest BCUT2D eigenvalue weighted by molar-refractivity contribution is 5.82. The summed E-state index contributed by atoms with van der Waals surface area (Å²) in [5, 5.41) is 10.3. The van der Waals surface area contributed by atoms with E-state index in [1.807, 2.05) is 0 Å². The van der Waals surface area contributed by atoms with Crippen molar-refractivity contribution >= 4 is 17.9 Å². The third-order valence-corrected chi connectivity index (χ3v) is 14.3. The van der Waals surface area contributed by atoms with Crippen LogP contribution in [0.15, 0.2) is 12.2 Å². The van der Waals surface area contributed by atoms with E-state index in [2.05, 4.69) is 54.2 Å². The molecule has 4 aliphatic rings. The van der Waals surface area contributed by atoms with Crippen molar-refractivity contribution in [2.24, 2.45) is 62.1 Å². The lowest BCUT2D eigenvalue weighted by Crippen LogP contribution is -2.65. The Morgan fingerprint density at radius 3 is 2.16 bits per heavy atom. The van der Waals surface area contributed by atoms with Crippen molar-refractivity contribution in [3.63, 3.8) is 0 Å². The predicted octanol–water partition coefficient (Wildman–Crippen LogP) is 8.07. The van der Waals surface area contributed by atoms with Crippen molar-refractivity contribution in [1.29, 1.82) is 5.26 Å². The Morgan fingerprint density at radius 2 is 1.58 bits per heavy atom. The molecule has 9 atom stereocenters. The highest BCUT2D eigenvalue weighted by Crippen LogP contribution is 2.76. The van der Waals surface area contributed by atoms with Gasteiger partial charge in [0.15, 0.2) is 0 Å². The SMILES string of the molecule is C=C(C)[C@@H]1CCC2(C(=O)OC)CC[C@]3(C)C(CCC4[C@@](C)(CC#N)C(C(C)(C)COC(=O)CC(C)(C)C(=O)OC)CC[C@]43C)C12. The number of esters is 3. The van der Waals surface area contributed by atoms with E-state index in [1.165, 1.54) is 12.7 Å². The molecule has 5 unspecified atom stereocenters. The van der Waals surface area contributed by atoms with E-state index in [4.69, 9.17) is 14.2 Å². The summed E-state index contributed by atoms with van der Waals surface area (Å²) in [4.78, 5) is 38.6. The maximum Gasteiger partial charge on any atom is 0.312 e. The van der Waals surface area contributed by atoms with E-state index in [0.717, 1.165) is 51.4 Å². The minimum atomic E-state index is -0.958. The molecular weight excluding hydrogens is 566 g/mol. The van der Waals surface area contributed by atoms with E-state index < -0.39 is 22.8 Å². The molecule has 0 aromatic rings. The number of nitriles is 1. The lowest BCUT2D eigenvalue weighted by molar-refractivity contribution is -0.232. The average molecular weight is 626 g/mol. The Bertz CT molecular complexity index is 1250. The van der Waals surface area contributed by atoms with Gasteiger partial charge < -0.3 is 14.2 Å². The van der Waals surface area contributed by atoms with Crippen LogP contribution in [0.5, 0.6) is 0 Å². The van der Waals surface area contributed by atoms with Gasteiger partial charge in [-0.1, -0.05) is 46.8 Å². The number of carbonyl (C=O) groups is 3. The molecule has 0 N–H and O–H groups in total. The maximum absolute atomic E-state index is 13.5. The van der Waals surface area contributed by atoms with Crippen LogP contribution in [0, 0.1) is 73.4 Å². The molecule has 0 radical (unpaired) electrons. The van der Waals surface area contributed by atoms with Crippen molar-refractivity contribution in [2.45, 2.75) is 120 Å². The van der Waals surface area contributed by atoms with Crippen LogP contribution < -0.4 is 0 Å². The van der Waals surface area contributed by atoms with Crippen LogP contribution in [-0.4, -0.2) is 38.7 Å². The van der Waals surface area contributed by atoms with Crippen molar-refractivity contribution in [2.75, 3.05) is 20.8 Å². The highest BCUT2D eigenvalue weighted by Gasteiger charge is 2.71. The van der Waals surface area contributed by atoms with E-state index >= 15 is 0 Å². The summed E-state index contributed by atoms with van der Waals surface area (Å²) in [6.07, 6.45) is 8.17. The first-order valence-electron chi connectivity index (χ1n) is 17.2. The Morgan fingerprint density at radius 1 is 0.911 bits per heavy atom. The van der Waals surface area contributed by atoms with Gasteiger partial charge in [0, 0.05) is 11.8 Å². The third kappa shape index (κ3) is 5.44. The quantitative estimate of drug-likeness (QED) is 0.145. The average Bonchev–Trinajstić information content (AvgIpc) is 3.37. The largest absolute Gasteiger partial charge is 0.469 e. The molecule has 4 saturated carbocycles. The van der Waals surface area contributed by atoms with E-state index in [1.54, 1.807) is 21.0 Å². The van der Waals surface area contributed by atoms with Gasteiger partial charge in [-0.3, -0.25) is 14.4 Å². The number of methoxy groups -OCH3 is 2. The standard InChI is InChI=1S/C38H59NO6/c1-24(2)25-14-17-38(32(42)44-11)19-18-36(8)26(30(25)38)12-13-28-35(7,20-21-39)27(15-16-37(28,36)9)34(5,6)23-45-29(40)22-33(3,4)31(41)43-10/h25-28,30H,1,12-20,22-23H2,2-11H3/t25-,26?,27?,28?,30?,35-,36+,37+,38?/m0/s1. The summed E-state index contributed by atoms with van der Waals surface area (Å²) in [6.45, 7) is 21.8. The van der Waals surface area contributed by atoms with Crippen LogP contribution in [0.2, 0.25) is 0 Å². The molecule has 0 bridgehead atoms. The Balaban J connectivity index is 1.64. The fourth-order valence-corrected chi connectivity index (χ4v) is 11.9.